The molecule has 2 aromatic heterocycles. The summed E-state index contributed by atoms with van der Waals surface area (Å²) in [5.41, 5.74) is 2.25. The molecule has 2 heterocycles. The van der Waals surface area contributed by atoms with Crippen LogP contribution in [0.2, 0.25) is 0 Å². The molecule has 0 aromatic carbocycles. The highest BCUT2D eigenvalue weighted by molar-refractivity contribution is 5.85. The molecule has 106 valence electrons. The second kappa shape index (κ2) is 7.19. The topological polar surface area (TPSA) is 47.7 Å². The van der Waals surface area contributed by atoms with Crippen LogP contribution in [0.25, 0.3) is 0 Å². The van der Waals surface area contributed by atoms with Crippen molar-refractivity contribution in [1.29, 1.82) is 0 Å². The van der Waals surface area contributed by atoms with Crippen molar-refractivity contribution in [2.24, 2.45) is 0 Å². The Morgan fingerprint density at radius 1 is 1.32 bits per heavy atom. The van der Waals surface area contributed by atoms with Crippen LogP contribution >= 0.6 is 12.4 Å². The molecule has 2 aromatic rings. The molecule has 19 heavy (non-hydrogen) atoms. The number of nitrogens with zero attached hydrogens (tertiary/aromatic N) is 4. The Bertz CT molecular complexity index is 491. The lowest BCUT2D eigenvalue weighted by atomic mass is 10.2. The molecule has 0 spiro atoms. The quantitative estimate of drug-likeness (QED) is 0.886. The summed E-state index contributed by atoms with van der Waals surface area (Å²) in [5, 5.41) is 12.0. The Labute approximate surface area is 120 Å². The Kier molecular flexibility index (Phi) is 5.89. The van der Waals surface area contributed by atoms with Crippen molar-refractivity contribution < 1.29 is 0 Å². The van der Waals surface area contributed by atoms with E-state index in [-0.39, 0.29) is 12.4 Å². The van der Waals surface area contributed by atoms with E-state index >= 15 is 0 Å². The van der Waals surface area contributed by atoms with Crippen LogP contribution in [0.1, 0.15) is 38.9 Å². The van der Waals surface area contributed by atoms with Crippen molar-refractivity contribution in [2.45, 2.75) is 46.3 Å². The summed E-state index contributed by atoms with van der Waals surface area (Å²) in [5.74, 6) is 0. The number of aromatic nitrogens is 4. The van der Waals surface area contributed by atoms with Gasteiger partial charge in [-0.05, 0) is 26.3 Å². The second-order valence-corrected chi connectivity index (χ2v) is 4.46. The number of halogens is 1. The fourth-order valence-electron chi connectivity index (χ4n) is 1.87. The first-order chi connectivity index (χ1) is 8.74. The van der Waals surface area contributed by atoms with Gasteiger partial charge in [0.15, 0.2) is 0 Å². The molecule has 0 bridgehead atoms. The minimum atomic E-state index is 0. The SMILES string of the molecule is CCC(C)n1nccc1CNc1cnn(CC)c1.Cl. The number of nitrogens with one attached hydrogen (secondary N) is 1. The van der Waals surface area contributed by atoms with E-state index < -0.39 is 0 Å². The number of hydrogen-bond acceptors (Lipinski definition) is 3. The van der Waals surface area contributed by atoms with Gasteiger partial charge in [0, 0.05) is 25.0 Å². The predicted molar refractivity (Wildman–Crippen MR) is 79.7 cm³/mol. The minimum absolute atomic E-state index is 0. The van der Waals surface area contributed by atoms with Crippen LogP contribution in [0.4, 0.5) is 5.69 Å². The van der Waals surface area contributed by atoms with Crippen molar-refractivity contribution in [3.63, 3.8) is 0 Å². The summed E-state index contributed by atoms with van der Waals surface area (Å²) in [6.45, 7) is 8.11. The molecule has 1 atom stereocenters. The number of aryl methyl sites for hydroxylation is 1. The Hall–Kier alpha value is -1.49. The molecular formula is C13H22ClN5. The summed E-state index contributed by atoms with van der Waals surface area (Å²) in [4.78, 5) is 0. The maximum Gasteiger partial charge on any atom is 0.0729 e. The molecular weight excluding hydrogens is 262 g/mol. The number of rotatable bonds is 6. The van der Waals surface area contributed by atoms with E-state index in [0.29, 0.717) is 6.04 Å². The van der Waals surface area contributed by atoms with Crippen LogP contribution in [0, 0.1) is 0 Å². The molecule has 1 N–H and O–H groups in total. The zero-order valence-electron chi connectivity index (χ0n) is 11.7. The van der Waals surface area contributed by atoms with Gasteiger partial charge in [-0.25, -0.2) is 0 Å². The monoisotopic (exact) mass is 283 g/mol. The third-order valence-electron chi connectivity index (χ3n) is 3.19. The predicted octanol–water partition coefficient (Wildman–Crippen LogP) is 3.10. The zero-order valence-corrected chi connectivity index (χ0v) is 12.5. The van der Waals surface area contributed by atoms with Crippen LogP contribution in [0.5, 0.6) is 0 Å². The molecule has 0 radical (unpaired) electrons. The summed E-state index contributed by atoms with van der Waals surface area (Å²) < 4.78 is 3.99. The average molecular weight is 284 g/mol. The molecule has 1 unspecified atom stereocenters. The lowest BCUT2D eigenvalue weighted by Crippen LogP contribution is -2.12. The van der Waals surface area contributed by atoms with Gasteiger partial charge in [-0.2, -0.15) is 10.2 Å². The van der Waals surface area contributed by atoms with Crippen LogP contribution in [0.15, 0.2) is 24.7 Å². The molecule has 0 aliphatic carbocycles. The summed E-state index contributed by atoms with van der Waals surface area (Å²) in [6.07, 6.45) is 6.82. The van der Waals surface area contributed by atoms with E-state index in [2.05, 4.69) is 47.0 Å². The minimum Gasteiger partial charge on any atom is -0.377 e. The van der Waals surface area contributed by atoms with Crippen LogP contribution in [-0.2, 0) is 13.1 Å². The molecule has 0 aliphatic heterocycles. The van der Waals surface area contributed by atoms with Gasteiger partial charge in [-0.1, -0.05) is 6.92 Å². The summed E-state index contributed by atoms with van der Waals surface area (Å²) in [7, 11) is 0. The highest BCUT2D eigenvalue weighted by atomic mass is 35.5. The van der Waals surface area contributed by atoms with E-state index in [4.69, 9.17) is 0 Å². The van der Waals surface area contributed by atoms with Gasteiger partial charge >= 0.3 is 0 Å². The second-order valence-electron chi connectivity index (χ2n) is 4.46. The van der Waals surface area contributed by atoms with Gasteiger partial charge in [0.1, 0.15) is 0 Å². The van der Waals surface area contributed by atoms with Crippen LogP contribution < -0.4 is 5.32 Å². The highest BCUT2D eigenvalue weighted by Gasteiger charge is 2.08. The van der Waals surface area contributed by atoms with E-state index in [1.54, 1.807) is 0 Å². The van der Waals surface area contributed by atoms with Crippen molar-refractivity contribution in [1.82, 2.24) is 19.6 Å². The molecule has 0 fully saturated rings. The molecule has 0 saturated heterocycles. The van der Waals surface area contributed by atoms with Gasteiger partial charge in [-0.3, -0.25) is 9.36 Å². The molecule has 0 aliphatic rings. The third-order valence-corrected chi connectivity index (χ3v) is 3.19. The van der Waals surface area contributed by atoms with Gasteiger partial charge in [0.25, 0.3) is 0 Å². The fourth-order valence-corrected chi connectivity index (χ4v) is 1.87. The van der Waals surface area contributed by atoms with E-state index in [0.717, 1.165) is 25.2 Å². The lowest BCUT2D eigenvalue weighted by Gasteiger charge is -2.14. The molecule has 5 nitrogen and oxygen atoms in total. The van der Waals surface area contributed by atoms with Crippen molar-refractivity contribution >= 4 is 18.1 Å². The van der Waals surface area contributed by atoms with Crippen molar-refractivity contribution in [2.75, 3.05) is 5.32 Å². The maximum atomic E-state index is 4.38. The van der Waals surface area contributed by atoms with Crippen LogP contribution in [-0.4, -0.2) is 19.6 Å². The van der Waals surface area contributed by atoms with Crippen molar-refractivity contribution in [3.8, 4) is 0 Å². The maximum absolute atomic E-state index is 4.38. The fraction of sp³-hybridized carbons (Fsp3) is 0.538. The average Bonchev–Trinajstić information content (AvgIpc) is 3.03. The summed E-state index contributed by atoms with van der Waals surface area (Å²) >= 11 is 0. The number of anilines is 1. The Morgan fingerprint density at radius 3 is 2.74 bits per heavy atom. The standard InChI is InChI=1S/C13H21N5.ClH/c1-4-11(3)18-13(6-7-15-18)9-14-12-8-16-17(5-2)10-12;/h6-8,10-11,14H,4-5,9H2,1-3H3;1H. The lowest BCUT2D eigenvalue weighted by molar-refractivity contribution is 0.462. The Morgan fingerprint density at radius 2 is 2.11 bits per heavy atom. The van der Waals surface area contributed by atoms with Crippen LogP contribution in [0.3, 0.4) is 0 Å². The smallest absolute Gasteiger partial charge is 0.0729 e. The van der Waals surface area contributed by atoms with Gasteiger partial charge in [-0.15, -0.1) is 12.4 Å². The largest absolute Gasteiger partial charge is 0.377 e. The van der Waals surface area contributed by atoms with Gasteiger partial charge in [0.05, 0.1) is 24.1 Å². The van der Waals surface area contributed by atoms with E-state index in [9.17, 15) is 0 Å². The normalized spacial score (nSPS) is 11.9. The van der Waals surface area contributed by atoms with Gasteiger partial charge in [0.2, 0.25) is 0 Å². The first-order valence-electron chi connectivity index (χ1n) is 6.53. The van der Waals surface area contributed by atoms with E-state index in [1.165, 1.54) is 5.69 Å². The first kappa shape index (κ1) is 15.6. The molecule has 2 rings (SSSR count). The third kappa shape index (κ3) is 3.73. The molecule has 6 heteroatoms. The van der Waals surface area contributed by atoms with Gasteiger partial charge < -0.3 is 5.32 Å². The molecule has 0 amide bonds. The zero-order chi connectivity index (χ0) is 13.0. The van der Waals surface area contributed by atoms with Crippen molar-refractivity contribution in [3.05, 3.63) is 30.4 Å². The first-order valence-corrected chi connectivity index (χ1v) is 6.53. The summed E-state index contributed by atoms with van der Waals surface area (Å²) in [6, 6.07) is 2.50. The van der Waals surface area contributed by atoms with E-state index in [1.807, 2.05) is 23.3 Å². The molecule has 0 saturated carbocycles. The highest BCUT2D eigenvalue weighted by Crippen LogP contribution is 2.14. The Balaban J connectivity index is 0.00000180. The number of hydrogen-bond donors (Lipinski definition) is 1.